The molecule has 118 valence electrons. The van der Waals surface area contributed by atoms with Gasteiger partial charge in [0, 0.05) is 0 Å². The monoisotopic (exact) mass is 292 g/mol. The first kappa shape index (κ1) is 17.7. The van der Waals surface area contributed by atoms with E-state index in [4.69, 9.17) is 4.74 Å². The molecule has 0 bridgehead atoms. The molecule has 0 spiro atoms. The third kappa shape index (κ3) is 5.86. The normalized spacial score (nSPS) is 19.0. The van der Waals surface area contributed by atoms with Crippen molar-refractivity contribution in [3.05, 3.63) is 23.3 Å². The number of carbonyl (C=O) groups is 2. The fraction of sp³-hybridized carbons (Fsp3) is 0.667. The van der Waals surface area contributed by atoms with Crippen molar-refractivity contribution in [2.45, 2.75) is 72.8 Å². The number of esters is 1. The van der Waals surface area contributed by atoms with Crippen LogP contribution in [0.3, 0.4) is 0 Å². The van der Waals surface area contributed by atoms with Gasteiger partial charge in [-0.3, -0.25) is 9.59 Å². The molecular weight excluding hydrogens is 264 g/mol. The first-order valence-electron chi connectivity index (χ1n) is 7.64. The van der Waals surface area contributed by atoms with Gasteiger partial charge in [-0.25, -0.2) is 0 Å². The summed E-state index contributed by atoms with van der Waals surface area (Å²) in [5, 5.41) is 0. The minimum absolute atomic E-state index is 0.102. The van der Waals surface area contributed by atoms with Crippen LogP contribution in [0.25, 0.3) is 0 Å². The zero-order chi connectivity index (χ0) is 16.3. The number of carbonyl (C=O) groups excluding carboxylic acids is 2. The van der Waals surface area contributed by atoms with Gasteiger partial charge in [0.1, 0.15) is 12.0 Å². The van der Waals surface area contributed by atoms with Crippen molar-refractivity contribution < 1.29 is 14.3 Å². The molecule has 3 nitrogen and oxygen atoms in total. The van der Waals surface area contributed by atoms with Crippen molar-refractivity contribution in [3.8, 4) is 0 Å². The smallest absolute Gasteiger partial charge is 0.314 e. The summed E-state index contributed by atoms with van der Waals surface area (Å²) >= 11 is 0. The standard InChI is InChI=1S/C18H28O3/c1-13-8-7-11-18(5,6)15(13)10-9-14(19)12-16(20)21-17(2,3)4/h9-10H,7-8,11-12H2,1-6H3/b10-9+. The first-order valence-corrected chi connectivity index (χ1v) is 7.64. The topological polar surface area (TPSA) is 43.4 Å². The van der Waals surface area contributed by atoms with Crippen LogP contribution in [0.4, 0.5) is 0 Å². The molecule has 0 atom stereocenters. The van der Waals surface area contributed by atoms with E-state index in [1.54, 1.807) is 20.8 Å². The summed E-state index contributed by atoms with van der Waals surface area (Å²) in [4.78, 5) is 23.5. The van der Waals surface area contributed by atoms with E-state index in [0.717, 1.165) is 12.8 Å². The van der Waals surface area contributed by atoms with Gasteiger partial charge in [0.05, 0.1) is 0 Å². The van der Waals surface area contributed by atoms with Crippen LogP contribution in [0.5, 0.6) is 0 Å². The Morgan fingerprint density at radius 2 is 1.90 bits per heavy atom. The Morgan fingerprint density at radius 1 is 1.29 bits per heavy atom. The van der Waals surface area contributed by atoms with Gasteiger partial charge < -0.3 is 4.74 Å². The minimum atomic E-state index is -0.550. The van der Waals surface area contributed by atoms with Crippen LogP contribution in [0, 0.1) is 5.41 Å². The number of ketones is 1. The molecule has 0 radical (unpaired) electrons. The molecule has 0 amide bonds. The molecule has 0 aromatic carbocycles. The molecule has 0 heterocycles. The molecule has 3 heteroatoms. The lowest BCUT2D eigenvalue weighted by Gasteiger charge is -2.32. The molecule has 1 aliphatic carbocycles. The van der Waals surface area contributed by atoms with Gasteiger partial charge in [-0.1, -0.05) is 25.5 Å². The average Bonchev–Trinajstić information content (AvgIpc) is 2.24. The second kappa shape index (κ2) is 6.59. The van der Waals surface area contributed by atoms with Gasteiger partial charge in [-0.15, -0.1) is 0 Å². The summed E-state index contributed by atoms with van der Waals surface area (Å²) in [5.74, 6) is -0.670. The maximum Gasteiger partial charge on any atom is 0.314 e. The van der Waals surface area contributed by atoms with E-state index in [-0.39, 0.29) is 17.6 Å². The average molecular weight is 292 g/mol. The van der Waals surface area contributed by atoms with E-state index in [0.29, 0.717) is 0 Å². The Balaban J connectivity index is 2.68. The van der Waals surface area contributed by atoms with E-state index in [1.165, 1.54) is 23.6 Å². The minimum Gasteiger partial charge on any atom is -0.460 e. The molecule has 0 saturated heterocycles. The second-order valence-electron chi connectivity index (χ2n) is 7.49. The van der Waals surface area contributed by atoms with Crippen LogP contribution >= 0.6 is 0 Å². The van der Waals surface area contributed by atoms with Crippen molar-refractivity contribution in [2.75, 3.05) is 0 Å². The number of rotatable bonds is 4. The van der Waals surface area contributed by atoms with Crippen molar-refractivity contribution in [2.24, 2.45) is 5.41 Å². The van der Waals surface area contributed by atoms with Gasteiger partial charge in [0.2, 0.25) is 0 Å². The van der Waals surface area contributed by atoms with Gasteiger partial charge in [0.15, 0.2) is 5.78 Å². The number of hydrogen-bond acceptors (Lipinski definition) is 3. The third-order valence-electron chi connectivity index (χ3n) is 3.72. The van der Waals surface area contributed by atoms with Crippen LogP contribution in [-0.2, 0) is 14.3 Å². The summed E-state index contributed by atoms with van der Waals surface area (Å²) in [6.07, 6.45) is 6.63. The lowest BCUT2D eigenvalue weighted by molar-refractivity contribution is -0.155. The van der Waals surface area contributed by atoms with Crippen LogP contribution in [0.15, 0.2) is 23.3 Å². The Hall–Kier alpha value is -1.38. The van der Waals surface area contributed by atoms with E-state index in [9.17, 15) is 9.59 Å². The van der Waals surface area contributed by atoms with Gasteiger partial charge >= 0.3 is 5.97 Å². The molecule has 0 aliphatic heterocycles. The van der Waals surface area contributed by atoms with Crippen LogP contribution in [0.1, 0.15) is 67.2 Å². The molecule has 21 heavy (non-hydrogen) atoms. The van der Waals surface area contributed by atoms with Crippen LogP contribution in [-0.4, -0.2) is 17.4 Å². The Morgan fingerprint density at radius 3 is 2.43 bits per heavy atom. The molecule has 0 aromatic heterocycles. The second-order valence-corrected chi connectivity index (χ2v) is 7.49. The predicted octanol–water partition coefficient (Wildman–Crippen LogP) is 4.37. The number of ether oxygens (including phenoxy) is 1. The maximum absolute atomic E-state index is 11.9. The van der Waals surface area contributed by atoms with Crippen LogP contribution < -0.4 is 0 Å². The largest absolute Gasteiger partial charge is 0.460 e. The number of allylic oxidation sites excluding steroid dienone is 4. The molecule has 0 unspecified atom stereocenters. The summed E-state index contributed by atoms with van der Waals surface area (Å²) in [5.41, 5.74) is 2.12. The molecule has 1 rings (SSSR count). The van der Waals surface area contributed by atoms with E-state index >= 15 is 0 Å². The zero-order valence-electron chi connectivity index (χ0n) is 14.2. The van der Waals surface area contributed by atoms with Crippen LogP contribution in [0.2, 0.25) is 0 Å². The molecule has 0 saturated carbocycles. The lowest BCUT2D eigenvalue weighted by Crippen LogP contribution is -2.25. The Kier molecular flexibility index (Phi) is 5.54. The summed E-state index contributed by atoms with van der Waals surface area (Å²) in [6, 6.07) is 0. The molecule has 0 N–H and O–H groups in total. The highest BCUT2D eigenvalue weighted by molar-refractivity contribution is 6.02. The Bertz CT molecular complexity index is 473. The van der Waals surface area contributed by atoms with Gasteiger partial charge in [-0.2, -0.15) is 0 Å². The quantitative estimate of drug-likeness (QED) is 0.439. The van der Waals surface area contributed by atoms with Crippen molar-refractivity contribution >= 4 is 11.8 Å². The summed E-state index contributed by atoms with van der Waals surface area (Å²) in [6.45, 7) is 11.9. The Labute approximate surface area is 128 Å². The molecule has 1 aliphatic rings. The fourth-order valence-corrected chi connectivity index (χ4v) is 2.77. The van der Waals surface area contributed by atoms with Gasteiger partial charge in [0.25, 0.3) is 0 Å². The summed E-state index contributed by atoms with van der Waals surface area (Å²) < 4.78 is 5.16. The fourth-order valence-electron chi connectivity index (χ4n) is 2.77. The molecule has 0 fully saturated rings. The van der Waals surface area contributed by atoms with Crippen molar-refractivity contribution in [1.82, 2.24) is 0 Å². The number of hydrogen-bond donors (Lipinski definition) is 0. The maximum atomic E-state index is 11.9. The van der Waals surface area contributed by atoms with Gasteiger partial charge in [-0.05, 0) is 64.0 Å². The van der Waals surface area contributed by atoms with E-state index < -0.39 is 11.6 Å². The lowest BCUT2D eigenvalue weighted by atomic mass is 9.72. The molecular formula is C18H28O3. The van der Waals surface area contributed by atoms with E-state index in [2.05, 4.69) is 20.8 Å². The van der Waals surface area contributed by atoms with Crippen molar-refractivity contribution in [1.29, 1.82) is 0 Å². The zero-order valence-corrected chi connectivity index (χ0v) is 14.2. The summed E-state index contributed by atoms with van der Waals surface area (Å²) in [7, 11) is 0. The SMILES string of the molecule is CC1=C(/C=C/C(=O)CC(=O)OC(C)(C)C)C(C)(C)CCC1. The van der Waals surface area contributed by atoms with Crippen molar-refractivity contribution in [3.63, 3.8) is 0 Å². The highest BCUT2D eigenvalue weighted by Crippen LogP contribution is 2.40. The predicted molar refractivity (Wildman–Crippen MR) is 84.9 cm³/mol. The highest BCUT2D eigenvalue weighted by atomic mass is 16.6. The molecule has 0 aromatic rings. The third-order valence-corrected chi connectivity index (χ3v) is 3.72. The highest BCUT2D eigenvalue weighted by Gasteiger charge is 2.26. The first-order chi connectivity index (χ1) is 9.51. The van der Waals surface area contributed by atoms with E-state index in [1.807, 2.05) is 6.08 Å².